The molecule has 3 aromatic rings. The molecule has 0 saturated carbocycles. The molecule has 0 bridgehead atoms. The van der Waals surface area contributed by atoms with E-state index < -0.39 is 17.2 Å². The third kappa shape index (κ3) is 3.46. The zero-order chi connectivity index (χ0) is 19.1. The van der Waals surface area contributed by atoms with E-state index in [1.165, 1.54) is 12.1 Å². The van der Waals surface area contributed by atoms with Crippen LogP contribution in [0.3, 0.4) is 0 Å². The number of benzene rings is 2. The SMILES string of the molecule is Cc1ccc(-c2c(Nc3ccc(OC(F)(F)F)cc3)c(=O)c2=O)cc1C. The summed E-state index contributed by atoms with van der Waals surface area (Å²) in [7, 11) is 0. The zero-order valence-corrected chi connectivity index (χ0v) is 13.9. The Morgan fingerprint density at radius 2 is 1.54 bits per heavy atom. The van der Waals surface area contributed by atoms with Crippen LogP contribution in [0, 0.1) is 13.8 Å². The van der Waals surface area contributed by atoms with Gasteiger partial charge in [-0.05, 0) is 54.8 Å². The minimum Gasteiger partial charge on any atom is -0.406 e. The Bertz CT molecular complexity index is 1030. The zero-order valence-electron chi connectivity index (χ0n) is 13.9. The lowest BCUT2D eigenvalue weighted by Gasteiger charge is -2.15. The van der Waals surface area contributed by atoms with Gasteiger partial charge in [0.2, 0.25) is 5.43 Å². The lowest BCUT2D eigenvalue weighted by atomic mass is 9.95. The average Bonchev–Trinajstić information content (AvgIpc) is 2.57. The minimum absolute atomic E-state index is 0.128. The predicted octanol–water partition coefficient (Wildman–Crippen LogP) is 4.21. The van der Waals surface area contributed by atoms with Gasteiger partial charge in [-0.1, -0.05) is 18.2 Å². The lowest BCUT2D eigenvalue weighted by Crippen LogP contribution is -2.35. The first kappa shape index (κ1) is 17.7. The monoisotopic (exact) mass is 361 g/mol. The highest BCUT2D eigenvalue weighted by molar-refractivity contribution is 5.85. The van der Waals surface area contributed by atoms with Gasteiger partial charge in [-0.15, -0.1) is 13.2 Å². The van der Waals surface area contributed by atoms with E-state index in [9.17, 15) is 22.8 Å². The molecule has 3 aromatic carbocycles. The number of anilines is 2. The van der Waals surface area contributed by atoms with Crippen molar-refractivity contribution in [2.24, 2.45) is 0 Å². The fraction of sp³-hybridized carbons (Fsp3) is 0.158. The lowest BCUT2D eigenvalue weighted by molar-refractivity contribution is -0.274. The summed E-state index contributed by atoms with van der Waals surface area (Å²) in [5, 5.41) is 2.80. The standard InChI is InChI=1S/C19H14F3NO3/c1-10-3-4-12(9-11(10)2)15-16(18(25)17(15)24)23-13-5-7-14(8-6-13)26-19(20,21)22/h3-9,23H,1-2H3. The van der Waals surface area contributed by atoms with Crippen molar-refractivity contribution < 1.29 is 17.9 Å². The number of hydrogen-bond donors (Lipinski definition) is 1. The van der Waals surface area contributed by atoms with Crippen molar-refractivity contribution >= 4 is 11.4 Å². The van der Waals surface area contributed by atoms with E-state index in [4.69, 9.17) is 0 Å². The van der Waals surface area contributed by atoms with Crippen LogP contribution in [0.5, 0.6) is 5.75 Å². The summed E-state index contributed by atoms with van der Waals surface area (Å²) >= 11 is 0. The van der Waals surface area contributed by atoms with Crippen molar-refractivity contribution in [3.8, 4) is 16.9 Å². The van der Waals surface area contributed by atoms with Gasteiger partial charge in [-0.3, -0.25) is 9.59 Å². The molecule has 0 aromatic heterocycles. The van der Waals surface area contributed by atoms with Gasteiger partial charge in [-0.25, -0.2) is 0 Å². The highest BCUT2D eigenvalue weighted by Gasteiger charge is 2.31. The number of ether oxygens (including phenoxy) is 1. The van der Waals surface area contributed by atoms with Crippen molar-refractivity contribution in [3.05, 3.63) is 74.0 Å². The molecule has 0 aliphatic carbocycles. The van der Waals surface area contributed by atoms with Crippen LogP contribution < -0.4 is 20.9 Å². The molecule has 0 unspecified atom stereocenters. The molecule has 26 heavy (non-hydrogen) atoms. The first-order valence-corrected chi connectivity index (χ1v) is 7.69. The molecule has 134 valence electrons. The summed E-state index contributed by atoms with van der Waals surface area (Å²) in [5.41, 5.74) is 2.18. The van der Waals surface area contributed by atoms with Gasteiger partial charge in [0.1, 0.15) is 11.4 Å². The van der Waals surface area contributed by atoms with Crippen molar-refractivity contribution in [1.82, 2.24) is 0 Å². The molecular weight excluding hydrogens is 347 g/mol. The number of hydrogen-bond acceptors (Lipinski definition) is 4. The molecule has 0 heterocycles. The third-order valence-electron chi connectivity index (χ3n) is 4.06. The summed E-state index contributed by atoms with van der Waals surface area (Å²) < 4.78 is 40.3. The number of halogens is 3. The first-order chi connectivity index (χ1) is 12.2. The Morgan fingerprint density at radius 1 is 0.885 bits per heavy atom. The molecule has 0 radical (unpaired) electrons. The van der Waals surface area contributed by atoms with Gasteiger partial charge in [0, 0.05) is 5.69 Å². The van der Waals surface area contributed by atoms with Crippen molar-refractivity contribution in [2.75, 3.05) is 5.32 Å². The van der Waals surface area contributed by atoms with E-state index in [1.54, 1.807) is 6.07 Å². The fourth-order valence-electron chi connectivity index (χ4n) is 2.57. The normalized spacial score (nSPS) is 11.6. The van der Waals surface area contributed by atoms with E-state index in [0.717, 1.165) is 23.3 Å². The maximum atomic E-state index is 12.2. The summed E-state index contributed by atoms with van der Waals surface area (Å²) in [5.74, 6) is -0.373. The second-order valence-electron chi connectivity index (χ2n) is 5.90. The van der Waals surface area contributed by atoms with E-state index in [0.29, 0.717) is 11.3 Å². The topological polar surface area (TPSA) is 55.4 Å². The quantitative estimate of drug-likeness (QED) is 0.708. The van der Waals surface area contributed by atoms with Crippen molar-refractivity contribution in [2.45, 2.75) is 20.2 Å². The smallest absolute Gasteiger partial charge is 0.406 e. The van der Waals surface area contributed by atoms with Crippen LogP contribution in [-0.2, 0) is 0 Å². The van der Waals surface area contributed by atoms with Crippen LogP contribution in [0.25, 0.3) is 11.1 Å². The van der Waals surface area contributed by atoms with Crippen molar-refractivity contribution in [3.63, 3.8) is 0 Å². The van der Waals surface area contributed by atoms with Crippen LogP contribution in [0.15, 0.2) is 52.1 Å². The third-order valence-corrected chi connectivity index (χ3v) is 4.06. The Morgan fingerprint density at radius 3 is 2.12 bits per heavy atom. The second kappa shape index (κ2) is 6.33. The molecule has 0 aliphatic rings. The van der Waals surface area contributed by atoms with Crippen LogP contribution in [0.2, 0.25) is 0 Å². The Labute approximate surface area is 146 Å². The highest BCUT2D eigenvalue weighted by Crippen LogP contribution is 2.29. The molecule has 0 atom stereocenters. The molecule has 1 N–H and O–H groups in total. The van der Waals surface area contributed by atoms with Crippen molar-refractivity contribution in [1.29, 1.82) is 0 Å². The van der Waals surface area contributed by atoms with Gasteiger partial charge in [0.05, 0.1) is 5.56 Å². The van der Waals surface area contributed by atoms with E-state index in [1.807, 2.05) is 26.0 Å². The van der Waals surface area contributed by atoms with Gasteiger partial charge in [0.15, 0.2) is 0 Å². The summed E-state index contributed by atoms with van der Waals surface area (Å²) in [6.45, 7) is 3.84. The van der Waals surface area contributed by atoms with Gasteiger partial charge >= 0.3 is 6.36 Å². The molecule has 3 rings (SSSR count). The summed E-state index contributed by atoms with van der Waals surface area (Å²) in [6, 6.07) is 10.3. The van der Waals surface area contributed by atoms with Gasteiger partial charge < -0.3 is 10.1 Å². The van der Waals surface area contributed by atoms with E-state index in [-0.39, 0.29) is 17.0 Å². The number of alkyl halides is 3. The Kier molecular flexibility index (Phi) is 4.31. The second-order valence-corrected chi connectivity index (χ2v) is 5.90. The average molecular weight is 361 g/mol. The van der Waals surface area contributed by atoms with E-state index >= 15 is 0 Å². The maximum absolute atomic E-state index is 12.2. The number of aryl methyl sites for hydroxylation is 2. The Balaban J connectivity index is 1.87. The number of rotatable bonds is 4. The van der Waals surface area contributed by atoms with Crippen LogP contribution in [-0.4, -0.2) is 6.36 Å². The molecule has 0 amide bonds. The maximum Gasteiger partial charge on any atom is 0.573 e. The van der Waals surface area contributed by atoms with Crippen LogP contribution in [0.1, 0.15) is 11.1 Å². The molecule has 0 aliphatic heterocycles. The van der Waals surface area contributed by atoms with Crippen LogP contribution >= 0.6 is 0 Å². The van der Waals surface area contributed by atoms with E-state index in [2.05, 4.69) is 10.1 Å². The highest BCUT2D eigenvalue weighted by atomic mass is 19.4. The molecule has 0 fully saturated rings. The summed E-state index contributed by atoms with van der Waals surface area (Å²) in [4.78, 5) is 23.9. The molecule has 7 heteroatoms. The fourth-order valence-corrected chi connectivity index (χ4v) is 2.57. The molecule has 0 saturated heterocycles. The number of nitrogens with one attached hydrogen (secondary N) is 1. The van der Waals surface area contributed by atoms with Gasteiger partial charge in [-0.2, -0.15) is 0 Å². The first-order valence-electron chi connectivity index (χ1n) is 7.69. The Hall–Kier alpha value is -3.09. The molecular formula is C19H14F3NO3. The minimum atomic E-state index is -4.77. The van der Waals surface area contributed by atoms with Crippen LogP contribution in [0.4, 0.5) is 24.5 Å². The van der Waals surface area contributed by atoms with Gasteiger partial charge in [0.25, 0.3) is 5.43 Å². The summed E-state index contributed by atoms with van der Waals surface area (Å²) in [6.07, 6.45) is -4.77. The molecule has 0 spiro atoms. The largest absolute Gasteiger partial charge is 0.573 e. The predicted molar refractivity (Wildman–Crippen MR) is 92.7 cm³/mol. The molecule has 4 nitrogen and oxygen atoms in total.